The van der Waals surface area contributed by atoms with E-state index in [9.17, 15) is 4.79 Å². The Morgan fingerprint density at radius 3 is 3.05 bits per heavy atom. The first-order valence-corrected chi connectivity index (χ1v) is 7.13. The molecule has 0 atom stereocenters. The van der Waals surface area contributed by atoms with Crippen molar-refractivity contribution >= 4 is 5.91 Å². The summed E-state index contributed by atoms with van der Waals surface area (Å²) in [4.78, 5) is 12.1. The van der Waals surface area contributed by atoms with Crippen LogP contribution in [0.4, 0.5) is 0 Å². The van der Waals surface area contributed by atoms with E-state index in [1.165, 1.54) is 6.42 Å². The first-order chi connectivity index (χ1) is 9.74. The van der Waals surface area contributed by atoms with Crippen LogP contribution in [0.25, 0.3) is 0 Å². The molecule has 2 heterocycles. The third-order valence-electron chi connectivity index (χ3n) is 3.72. The Hall–Kier alpha value is -2.04. The van der Waals surface area contributed by atoms with Gasteiger partial charge in [0, 0.05) is 24.2 Å². The molecule has 106 valence electrons. The highest BCUT2D eigenvalue weighted by molar-refractivity contribution is 5.94. The van der Waals surface area contributed by atoms with Gasteiger partial charge in [0.05, 0.1) is 0 Å². The van der Waals surface area contributed by atoms with Gasteiger partial charge in [0.15, 0.2) is 5.69 Å². The van der Waals surface area contributed by atoms with Crippen LogP contribution in [-0.2, 0) is 19.3 Å². The first kappa shape index (κ1) is 13.0. The Morgan fingerprint density at radius 2 is 2.25 bits per heavy atom. The number of H-pyrrole nitrogens is 1. The molecule has 5 nitrogen and oxygen atoms in total. The average molecular weight is 273 g/mol. The summed E-state index contributed by atoms with van der Waals surface area (Å²) >= 11 is 0. The molecule has 0 fully saturated rings. The van der Waals surface area contributed by atoms with Gasteiger partial charge in [-0.2, -0.15) is 5.10 Å². The summed E-state index contributed by atoms with van der Waals surface area (Å²) in [6, 6.07) is 3.87. The van der Waals surface area contributed by atoms with Gasteiger partial charge < -0.3 is 9.73 Å². The summed E-state index contributed by atoms with van der Waals surface area (Å²) in [6.07, 6.45) is 4.96. The van der Waals surface area contributed by atoms with Crippen molar-refractivity contribution in [2.24, 2.45) is 0 Å². The normalized spacial score (nSPS) is 14.1. The maximum Gasteiger partial charge on any atom is 0.272 e. The predicted octanol–water partition coefficient (Wildman–Crippen LogP) is 2.16. The lowest BCUT2D eigenvalue weighted by atomic mass is 9.96. The van der Waals surface area contributed by atoms with Crippen LogP contribution in [-0.4, -0.2) is 22.6 Å². The van der Waals surface area contributed by atoms with E-state index in [0.717, 1.165) is 42.0 Å². The maximum atomic E-state index is 12.1. The van der Waals surface area contributed by atoms with E-state index >= 15 is 0 Å². The largest absolute Gasteiger partial charge is 0.466 e. The fourth-order valence-corrected chi connectivity index (χ4v) is 2.67. The Morgan fingerprint density at radius 1 is 1.40 bits per heavy atom. The van der Waals surface area contributed by atoms with Gasteiger partial charge in [0.1, 0.15) is 11.5 Å². The quantitative estimate of drug-likeness (QED) is 0.896. The number of hydrogen-bond donors (Lipinski definition) is 2. The van der Waals surface area contributed by atoms with Crippen LogP contribution < -0.4 is 5.32 Å². The van der Waals surface area contributed by atoms with Crippen LogP contribution in [0.3, 0.4) is 0 Å². The minimum absolute atomic E-state index is 0.0901. The number of fused-ring (bicyclic) bond motifs is 1. The molecule has 2 aromatic heterocycles. The van der Waals surface area contributed by atoms with E-state index in [1.807, 2.05) is 19.1 Å². The Bertz CT molecular complexity index is 612. The summed E-state index contributed by atoms with van der Waals surface area (Å²) in [5.41, 5.74) is 2.79. The van der Waals surface area contributed by atoms with Gasteiger partial charge in [-0.25, -0.2) is 0 Å². The smallest absolute Gasteiger partial charge is 0.272 e. The third-order valence-corrected chi connectivity index (χ3v) is 3.72. The van der Waals surface area contributed by atoms with E-state index < -0.39 is 0 Å². The lowest BCUT2D eigenvalue weighted by molar-refractivity contribution is 0.0947. The van der Waals surface area contributed by atoms with Gasteiger partial charge in [0.25, 0.3) is 5.91 Å². The lowest BCUT2D eigenvalue weighted by Gasteiger charge is -2.10. The number of aryl methyl sites for hydroxylation is 2. The summed E-state index contributed by atoms with van der Waals surface area (Å²) in [7, 11) is 0. The van der Waals surface area contributed by atoms with Crippen molar-refractivity contribution in [2.75, 3.05) is 6.54 Å². The molecule has 2 aromatic rings. The molecule has 0 saturated carbocycles. The van der Waals surface area contributed by atoms with Crippen LogP contribution in [0.1, 0.15) is 46.1 Å². The van der Waals surface area contributed by atoms with E-state index in [-0.39, 0.29) is 5.91 Å². The van der Waals surface area contributed by atoms with Crippen LogP contribution in [0.15, 0.2) is 16.5 Å². The number of carbonyl (C=O) groups excluding carboxylic acids is 1. The number of carbonyl (C=O) groups is 1. The van der Waals surface area contributed by atoms with Gasteiger partial charge >= 0.3 is 0 Å². The number of amides is 1. The minimum atomic E-state index is -0.0901. The molecule has 5 heteroatoms. The Balaban J connectivity index is 1.58. The summed E-state index contributed by atoms with van der Waals surface area (Å²) in [5, 5.41) is 10.1. The van der Waals surface area contributed by atoms with Gasteiger partial charge in [-0.15, -0.1) is 0 Å². The first-order valence-electron chi connectivity index (χ1n) is 7.13. The van der Waals surface area contributed by atoms with Crippen molar-refractivity contribution in [2.45, 2.75) is 39.0 Å². The van der Waals surface area contributed by atoms with Crippen LogP contribution in [0.2, 0.25) is 0 Å². The van der Waals surface area contributed by atoms with E-state index in [1.54, 1.807) is 0 Å². The molecular weight excluding hydrogens is 254 g/mol. The molecule has 0 bridgehead atoms. The zero-order valence-corrected chi connectivity index (χ0v) is 11.7. The summed E-state index contributed by atoms with van der Waals surface area (Å²) in [6.45, 7) is 2.48. The second kappa shape index (κ2) is 5.53. The number of nitrogens with zero attached hydrogens (tertiary/aromatic N) is 1. The molecule has 0 aliphatic heterocycles. The number of hydrogen-bond acceptors (Lipinski definition) is 3. The highest BCUT2D eigenvalue weighted by Crippen LogP contribution is 2.21. The average Bonchev–Trinajstić information content (AvgIpc) is 3.05. The number of nitrogens with one attached hydrogen (secondary N) is 2. The SMILES string of the molecule is Cc1ccc(CCNC(=O)c2n[nH]c3c2CCCC3)o1. The molecule has 1 aliphatic rings. The molecule has 1 aliphatic carbocycles. The molecule has 0 radical (unpaired) electrons. The van der Waals surface area contributed by atoms with Crippen molar-refractivity contribution in [3.8, 4) is 0 Å². The number of aromatic nitrogens is 2. The number of aromatic amines is 1. The molecule has 2 N–H and O–H groups in total. The van der Waals surface area contributed by atoms with E-state index in [4.69, 9.17) is 4.42 Å². The van der Waals surface area contributed by atoms with Crippen molar-refractivity contribution in [3.05, 3.63) is 40.6 Å². The molecular formula is C15H19N3O2. The van der Waals surface area contributed by atoms with Gasteiger partial charge in [-0.3, -0.25) is 9.89 Å². The standard InChI is InChI=1S/C15H19N3O2/c1-10-6-7-11(20-10)8-9-16-15(19)14-12-4-2-3-5-13(12)17-18-14/h6-7H,2-5,8-9H2,1H3,(H,16,19)(H,17,18). The minimum Gasteiger partial charge on any atom is -0.466 e. The monoisotopic (exact) mass is 273 g/mol. The molecule has 3 rings (SSSR count). The maximum absolute atomic E-state index is 12.1. The molecule has 0 saturated heterocycles. The second-order valence-corrected chi connectivity index (χ2v) is 5.25. The van der Waals surface area contributed by atoms with Crippen LogP contribution >= 0.6 is 0 Å². The van der Waals surface area contributed by atoms with Crippen molar-refractivity contribution in [3.63, 3.8) is 0 Å². The second-order valence-electron chi connectivity index (χ2n) is 5.25. The van der Waals surface area contributed by atoms with E-state index in [0.29, 0.717) is 18.7 Å². The fraction of sp³-hybridized carbons (Fsp3) is 0.467. The molecule has 0 spiro atoms. The van der Waals surface area contributed by atoms with Gasteiger partial charge in [-0.1, -0.05) is 0 Å². The van der Waals surface area contributed by atoms with Gasteiger partial charge in [-0.05, 0) is 44.7 Å². The highest BCUT2D eigenvalue weighted by atomic mass is 16.3. The zero-order chi connectivity index (χ0) is 13.9. The summed E-state index contributed by atoms with van der Waals surface area (Å²) in [5.74, 6) is 1.70. The number of rotatable bonds is 4. The molecule has 1 amide bonds. The molecule has 20 heavy (non-hydrogen) atoms. The fourth-order valence-electron chi connectivity index (χ4n) is 2.67. The van der Waals surface area contributed by atoms with Crippen molar-refractivity contribution < 1.29 is 9.21 Å². The van der Waals surface area contributed by atoms with Crippen LogP contribution in [0.5, 0.6) is 0 Å². The predicted molar refractivity (Wildman–Crippen MR) is 74.7 cm³/mol. The summed E-state index contributed by atoms with van der Waals surface area (Å²) < 4.78 is 5.47. The van der Waals surface area contributed by atoms with Crippen LogP contribution in [0, 0.1) is 6.92 Å². The molecule has 0 aromatic carbocycles. The Kier molecular flexibility index (Phi) is 3.58. The lowest BCUT2D eigenvalue weighted by Crippen LogP contribution is -2.27. The van der Waals surface area contributed by atoms with Crippen molar-refractivity contribution in [1.82, 2.24) is 15.5 Å². The molecule has 0 unspecified atom stereocenters. The topological polar surface area (TPSA) is 70.9 Å². The zero-order valence-electron chi connectivity index (χ0n) is 11.7. The highest BCUT2D eigenvalue weighted by Gasteiger charge is 2.21. The number of furan rings is 1. The Labute approximate surface area is 117 Å². The van der Waals surface area contributed by atoms with Crippen molar-refractivity contribution in [1.29, 1.82) is 0 Å². The van der Waals surface area contributed by atoms with Gasteiger partial charge in [0.2, 0.25) is 0 Å². The third kappa shape index (κ3) is 2.61. The van der Waals surface area contributed by atoms with E-state index in [2.05, 4.69) is 15.5 Å².